The fraction of sp³-hybridized carbons (Fsp3) is 0.417. The van der Waals surface area contributed by atoms with Crippen LogP contribution in [0.5, 0.6) is 0 Å². The van der Waals surface area contributed by atoms with E-state index in [9.17, 15) is 0 Å². The highest BCUT2D eigenvalue weighted by Gasteiger charge is 2.34. The second-order valence-corrected chi connectivity index (χ2v) is 7.61. The molecule has 2 aliphatic rings. The van der Waals surface area contributed by atoms with Crippen LogP contribution >= 0.6 is 0 Å². The molecule has 0 saturated carbocycles. The van der Waals surface area contributed by atoms with Gasteiger partial charge in [-0.2, -0.15) is 0 Å². The first-order valence-electron chi connectivity index (χ1n) is 9.45. The van der Waals surface area contributed by atoms with Crippen LogP contribution in [-0.4, -0.2) is 0 Å². The minimum absolute atomic E-state index is 0.117. The number of allylic oxidation sites excluding steroid dienone is 8. The third kappa shape index (κ3) is 3.07. The highest BCUT2D eigenvalue weighted by atomic mass is 14.4. The van der Waals surface area contributed by atoms with Gasteiger partial charge in [-0.15, -0.1) is 0 Å². The van der Waals surface area contributed by atoms with E-state index in [1.54, 1.807) is 0 Å². The van der Waals surface area contributed by atoms with Crippen molar-refractivity contribution in [1.82, 2.24) is 0 Å². The maximum atomic E-state index is 2.43. The molecule has 0 nitrogen and oxygen atoms in total. The summed E-state index contributed by atoms with van der Waals surface area (Å²) in [5.41, 5.74) is 8.70. The minimum atomic E-state index is 0.117. The van der Waals surface area contributed by atoms with Gasteiger partial charge in [0.25, 0.3) is 0 Å². The van der Waals surface area contributed by atoms with Crippen molar-refractivity contribution in [1.29, 1.82) is 0 Å². The lowest BCUT2D eigenvalue weighted by Crippen LogP contribution is -2.15. The topological polar surface area (TPSA) is 0 Å². The number of fused-ring (bicyclic) bond motifs is 1. The molecule has 0 heterocycles. The average Bonchev–Trinajstić information content (AvgIpc) is 2.79. The fourth-order valence-electron chi connectivity index (χ4n) is 3.78. The molecule has 3 rings (SSSR count). The Kier molecular flexibility index (Phi) is 4.94. The van der Waals surface area contributed by atoms with Crippen LogP contribution in [0.15, 0.2) is 54.2 Å². The van der Waals surface area contributed by atoms with E-state index in [0.29, 0.717) is 0 Å². The Labute approximate surface area is 147 Å². The zero-order chi connectivity index (χ0) is 17.2. The van der Waals surface area contributed by atoms with Crippen molar-refractivity contribution in [2.75, 3.05) is 0 Å². The largest absolute Gasteiger partial charge is 0.0839 e. The SMILES string of the molecule is CCC/C=C\C1=C(C)C(C)(C)c2cc(C3=CCCCC=C3)ccc21. The highest BCUT2D eigenvalue weighted by molar-refractivity contribution is 5.87. The van der Waals surface area contributed by atoms with E-state index in [1.807, 2.05) is 0 Å². The van der Waals surface area contributed by atoms with E-state index >= 15 is 0 Å². The first-order valence-corrected chi connectivity index (χ1v) is 9.45. The second kappa shape index (κ2) is 6.97. The third-order valence-corrected chi connectivity index (χ3v) is 5.63. The Morgan fingerprint density at radius 2 is 2.00 bits per heavy atom. The molecule has 126 valence electrons. The Balaban J connectivity index is 2.02. The molecule has 0 radical (unpaired) electrons. The summed E-state index contributed by atoms with van der Waals surface area (Å²) in [6.45, 7) is 9.26. The van der Waals surface area contributed by atoms with Gasteiger partial charge >= 0.3 is 0 Å². The van der Waals surface area contributed by atoms with Crippen LogP contribution in [0.25, 0.3) is 11.1 Å². The lowest BCUT2D eigenvalue weighted by Gasteiger charge is -2.23. The molecule has 0 unspecified atom stereocenters. The van der Waals surface area contributed by atoms with Crippen molar-refractivity contribution < 1.29 is 0 Å². The number of unbranched alkanes of at least 4 members (excludes halogenated alkanes) is 1. The predicted octanol–water partition coefficient (Wildman–Crippen LogP) is 7.23. The first-order chi connectivity index (χ1) is 11.6. The molecular weight excluding hydrogens is 288 g/mol. The van der Waals surface area contributed by atoms with Crippen LogP contribution in [0.4, 0.5) is 0 Å². The summed E-state index contributed by atoms with van der Waals surface area (Å²) in [4.78, 5) is 0. The Morgan fingerprint density at radius 3 is 2.79 bits per heavy atom. The maximum Gasteiger partial charge on any atom is 0.0118 e. The van der Waals surface area contributed by atoms with Crippen molar-refractivity contribution >= 4 is 11.1 Å². The summed E-state index contributed by atoms with van der Waals surface area (Å²) >= 11 is 0. The van der Waals surface area contributed by atoms with Crippen LogP contribution in [0.2, 0.25) is 0 Å². The molecule has 0 N–H and O–H groups in total. The molecule has 24 heavy (non-hydrogen) atoms. The van der Waals surface area contributed by atoms with Gasteiger partial charge in [0.1, 0.15) is 0 Å². The first kappa shape index (κ1) is 17.0. The summed E-state index contributed by atoms with van der Waals surface area (Å²) in [5.74, 6) is 0. The van der Waals surface area contributed by atoms with Crippen molar-refractivity contribution in [3.05, 3.63) is 70.8 Å². The zero-order valence-electron chi connectivity index (χ0n) is 15.7. The van der Waals surface area contributed by atoms with Crippen LogP contribution in [0.1, 0.15) is 76.5 Å². The van der Waals surface area contributed by atoms with Crippen molar-refractivity contribution in [3.63, 3.8) is 0 Å². The Hall–Kier alpha value is -1.82. The molecule has 0 saturated heterocycles. The molecule has 2 aliphatic carbocycles. The van der Waals surface area contributed by atoms with Gasteiger partial charge in [-0.1, -0.05) is 75.3 Å². The van der Waals surface area contributed by atoms with E-state index in [0.717, 1.165) is 6.42 Å². The molecule has 0 spiro atoms. The van der Waals surface area contributed by atoms with Gasteiger partial charge in [0, 0.05) is 5.41 Å². The van der Waals surface area contributed by atoms with E-state index in [4.69, 9.17) is 0 Å². The molecule has 0 fully saturated rings. The average molecular weight is 319 g/mol. The Morgan fingerprint density at radius 1 is 1.17 bits per heavy atom. The van der Waals surface area contributed by atoms with Gasteiger partial charge in [0.05, 0.1) is 0 Å². The van der Waals surface area contributed by atoms with E-state index in [-0.39, 0.29) is 5.41 Å². The fourth-order valence-corrected chi connectivity index (χ4v) is 3.78. The standard InChI is InChI=1S/C24H30/c1-5-6-9-14-21-18(2)24(3,4)23-17-20(15-16-22(21)23)19-12-10-7-8-11-13-19/h9-10,12-17H,5-8,11H2,1-4H3/b14-9-. The molecule has 1 aromatic carbocycles. The smallest absolute Gasteiger partial charge is 0.0118 e. The quantitative estimate of drug-likeness (QED) is 0.549. The van der Waals surface area contributed by atoms with Crippen molar-refractivity contribution in [2.45, 2.75) is 65.2 Å². The van der Waals surface area contributed by atoms with Crippen molar-refractivity contribution in [3.8, 4) is 0 Å². The molecule has 0 atom stereocenters. The number of benzene rings is 1. The summed E-state index contributed by atoms with van der Waals surface area (Å²) in [6.07, 6.45) is 17.7. The van der Waals surface area contributed by atoms with Crippen LogP contribution in [0, 0.1) is 0 Å². The molecule has 1 aromatic rings. The third-order valence-electron chi connectivity index (χ3n) is 5.63. The van der Waals surface area contributed by atoms with Gasteiger partial charge in [0.15, 0.2) is 0 Å². The van der Waals surface area contributed by atoms with E-state index < -0.39 is 0 Å². The second-order valence-electron chi connectivity index (χ2n) is 7.61. The van der Waals surface area contributed by atoms with Gasteiger partial charge in [-0.3, -0.25) is 0 Å². The predicted molar refractivity (Wildman–Crippen MR) is 107 cm³/mol. The molecule has 0 heteroatoms. The van der Waals surface area contributed by atoms with Crippen LogP contribution < -0.4 is 0 Å². The normalized spacial score (nSPS) is 19.6. The maximum absolute atomic E-state index is 2.43. The van der Waals surface area contributed by atoms with Crippen LogP contribution in [0.3, 0.4) is 0 Å². The lowest BCUT2D eigenvalue weighted by molar-refractivity contribution is 0.639. The van der Waals surface area contributed by atoms with E-state index in [2.05, 4.69) is 76.3 Å². The highest BCUT2D eigenvalue weighted by Crippen LogP contribution is 2.47. The molecular formula is C24H30. The van der Waals surface area contributed by atoms with Gasteiger partial charge < -0.3 is 0 Å². The monoisotopic (exact) mass is 318 g/mol. The van der Waals surface area contributed by atoms with E-state index in [1.165, 1.54) is 59.1 Å². The zero-order valence-corrected chi connectivity index (χ0v) is 15.7. The Bertz CT molecular complexity index is 735. The molecule has 0 aliphatic heterocycles. The van der Waals surface area contributed by atoms with Gasteiger partial charge in [-0.05, 0) is 66.5 Å². The minimum Gasteiger partial charge on any atom is -0.0839 e. The molecule has 0 aromatic heterocycles. The molecule has 0 amide bonds. The summed E-state index contributed by atoms with van der Waals surface area (Å²) in [6, 6.07) is 7.08. The summed E-state index contributed by atoms with van der Waals surface area (Å²) in [5, 5.41) is 0. The van der Waals surface area contributed by atoms with Gasteiger partial charge in [-0.25, -0.2) is 0 Å². The van der Waals surface area contributed by atoms with Crippen LogP contribution in [-0.2, 0) is 5.41 Å². The number of rotatable bonds is 4. The number of hydrogen-bond donors (Lipinski definition) is 0. The summed E-state index contributed by atoms with van der Waals surface area (Å²) < 4.78 is 0. The number of hydrogen-bond acceptors (Lipinski definition) is 0. The summed E-state index contributed by atoms with van der Waals surface area (Å²) in [7, 11) is 0. The van der Waals surface area contributed by atoms with Gasteiger partial charge in [0.2, 0.25) is 0 Å². The van der Waals surface area contributed by atoms with Crippen molar-refractivity contribution in [2.24, 2.45) is 0 Å². The molecule has 0 bridgehead atoms. The lowest BCUT2D eigenvalue weighted by atomic mass is 9.81.